The van der Waals surface area contributed by atoms with E-state index in [2.05, 4.69) is 37.3 Å². The molecule has 0 unspecified atom stereocenters. The number of nitrogens with one attached hydrogen (secondary N) is 1. The topological polar surface area (TPSA) is 116 Å². The van der Waals surface area contributed by atoms with Crippen molar-refractivity contribution >= 4 is 45.4 Å². The smallest absolute Gasteiger partial charge is 0.323 e. The summed E-state index contributed by atoms with van der Waals surface area (Å²) in [4.78, 5) is 21.6. The van der Waals surface area contributed by atoms with Crippen LogP contribution in [-0.2, 0) is 4.57 Å². The van der Waals surface area contributed by atoms with E-state index in [1.165, 1.54) is 0 Å². The van der Waals surface area contributed by atoms with E-state index in [1.807, 2.05) is 18.2 Å². The zero-order valence-electron chi connectivity index (χ0n) is 7.26. The van der Waals surface area contributed by atoms with Crippen LogP contribution in [0.25, 0.3) is 0 Å². The lowest BCUT2D eigenvalue weighted by Crippen LogP contribution is -2.06. The molecule has 6 nitrogen and oxygen atoms in total. The van der Waals surface area contributed by atoms with Crippen molar-refractivity contribution in [2.75, 3.05) is 5.43 Å². The van der Waals surface area contributed by atoms with Crippen molar-refractivity contribution in [1.29, 1.82) is 0 Å². The highest BCUT2D eigenvalue weighted by atomic mass is 79.9. The van der Waals surface area contributed by atoms with Crippen LogP contribution in [0, 0.1) is 0 Å². The second-order valence-electron chi connectivity index (χ2n) is 2.28. The molecule has 0 radical (unpaired) electrons. The van der Waals surface area contributed by atoms with Gasteiger partial charge < -0.3 is 20.1 Å². The molecule has 9 heteroatoms. The fraction of sp³-hybridized carbons (Fsp3) is 0. The molecule has 1 aromatic rings. The first-order valence-corrected chi connectivity index (χ1v) is 6.59. The lowest BCUT2D eigenvalue weighted by molar-refractivity contribution is 0.275. The standard InChI is InChI=1S/C6H6Br2N2.H3O4P/c7-4-1-2-5(8)6(3-4)10-9;1-5(2,3)4/h1-3,10H,9H2;(H3,1,2,3,4). The molecule has 0 aliphatic carbocycles. The highest BCUT2D eigenvalue weighted by Crippen LogP contribution is 2.26. The summed E-state index contributed by atoms with van der Waals surface area (Å²) in [5.41, 5.74) is 3.43. The van der Waals surface area contributed by atoms with Gasteiger partial charge in [-0.3, -0.25) is 5.84 Å². The van der Waals surface area contributed by atoms with Gasteiger partial charge in [0.2, 0.25) is 0 Å². The maximum absolute atomic E-state index is 8.88. The summed E-state index contributed by atoms with van der Waals surface area (Å²) < 4.78 is 10.8. The number of rotatable bonds is 1. The van der Waals surface area contributed by atoms with Gasteiger partial charge in [0.05, 0.1) is 5.69 Å². The second-order valence-corrected chi connectivity index (χ2v) is 5.08. The van der Waals surface area contributed by atoms with Crippen molar-refractivity contribution in [2.24, 2.45) is 5.84 Å². The fourth-order valence-corrected chi connectivity index (χ4v) is 1.33. The normalized spacial score (nSPS) is 10.3. The Bertz CT molecular complexity index is 362. The van der Waals surface area contributed by atoms with Crippen LogP contribution < -0.4 is 11.3 Å². The number of benzene rings is 1. The minimum Gasteiger partial charge on any atom is -0.323 e. The predicted molar refractivity (Wildman–Crippen MR) is 63.9 cm³/mol. The highest BCUT2D eigenvalue weighted by molar-refractivity contribution is 9.11. The largest absolute Gasteiger partial charge is 0.466 e. The van der Waals surface area contributed by atoms with Gasteiger partial charge in [-0.15, -0.1) is 0 Å². The molecule has 0 bridgehead atoms. The molecule has 86 valence electrons. The molecule has 0 atom stereocenters. The monoisotopic (exact) mass is 362 g/mol. The SMILES string of the molecule is NNc1cc(Br)ccc1Br.O=P(O)(O)O. The fourth-order valence-electron chi connectivity index (χ4n) is 0.608. The van der Waals surface area contributed by atoms with Crippen LogP contribution in [0.3, 0.4) is 0 Å². The molecular formula is C6H9Br2N2O4P. The molecule has 0 aliphatic rings. The Kier molecular flexibility index (Phi) is 6.62. The first-order valence-electron chi connectivity index (χ1n) is 3.44. The van der Waals surface area contributed by atoms with Gasteiger partial charge in [0, 0.05) is 8.95 Å². The Labute approximate surface area is 103 Å². The van der Waals surface area contributed by atoms with Crippen LogP contribution in [0.1, 0.15) is 0 Å². The third-order valence-electron chi connectivity index (χ3n) is 1.08. The minimum absolute atomic E-state index is 0.870. The summed E-state index contributed by atoms with van der Waals surface area (Å²) in [6.45, 7) is 0. The quantitative estimate of drug-likeness (QED) is 0.294. The molecule has 0 saturated carbocycles. The molecule has 0 spiro atoms. The van der Waals surface area contributed by atoms with E-state index >= 15 is 0 Å². The molecule has 0 saturated heterocycles. The van der Waals surface area contributed by atoms with Crippen molar-refractivity contribution < 1.29 is 19.2 Å². The van der Waals surface area contributed by atoms with E-state index in [0.717, 1.165) is 14.6 Å². The Balaban J connectivity index is 0.000000336. The number of nitrogen functional groups attached to an aromatic ring is 1. The van der Waals surface area contributed by atoms with Crippen molar-refractivity contribution in [1.82, 2.24) is 0 Å². The Morgan fingerprint density at radius 3 is 2.07 bits per heavy atom. The highest BCUT2D eigenvalue weighted by Gasteiger charge is 2.00. The molecule has 0 aliphatic heterocycles. The van der Waals surface area contributed by atoms with Crippen molar-refractivity contribution in [3.8, 4) is 0 Å². The van der Waals surface area contributed by atoms with Gasteiger partial charge in [-0.1, -0.05) is 15.9 Å². The van der Waals surface area contributed by atoms with E-state index in [0.29, 0.717) is 0 Å². The van der Waals surface area contributed by atoms with E-state index in [1.54, 1.807) is 0 Å². The van der Waals surface area contributed by atoms with Gasteiger partial charge in [-0.25, -0.2) is 4.57 Å². The van der Waals surface area contributed by atoms with Crippen molar-refractivity contribution in [3.63, 3.8) is 0 Å². The van der Waals surface area contributed by atoms with Crippen LogP contribution in [0.2, 0.25) is 0 Å². The molecule has 0 amide bonds. The maximum Gasteiger partial charge on any atom is 0.466 e. The van der Waals surface area contributed by atoms with Crippen molar-refractivity contribution in [2.45, 2.75) is 0 Å². The van der Waals surface area contributed by atoms with E-state index < -0.39 is 7.82 Å². The average molecular weight is 364 g/mol. The van der Waals surface area contributed by atoms with Gasteiger partial charge in [0.15, 0.2) is 0 Å². The number of hydrogen-bond donors (Lipinski definition) is 5. The summed E-state index contributed by atoms with van der Waals surface area (Å²) in [6, 6.07) is 5.74. The number of nitrogens with two attached hydrogens (primary N) is 1. The number of phosphoric acid groups is 1. The molecule has 1 rings (SSSR count). The Morgan fingerprint density at radius 1 is 1.27 bits per heavy atom. The Hall–Kier alpha value is 0.0500. The van der Waals surface area contributed by atoms with Crippen LogP contribution in [0.15, 0.2) is 27.1 Å². The number of hydrogen-bond acceptors (Lipinski definition) is 3. The molecule has 1 aromatic carbocycles. The zero-order chi connectivity index (χ0) is 12.1. The summed E-state index contributed by atoms with van der Waals surface area (Å²) in [6.07, 6.45) is 0. The third kappa shape index (κ3) is 9.01. The summed E-state index contributed by atoms with van der Waals surface area (Å²) >= 11 is 6.65. The summed E-state index contributed by atoms with van der Waals surface area (Å²) in [7, 11) is -4.64. The summed E-state index contributed by atoms with van der Waals surface area (Å²) in [5, 5.41) is 0. The van der Waals surface area contributed by atoms with Gasteiger partial charge >= 0.3 is 7.82 Å². The van der Waals surface area contributed by atoms with Gasteiger partial charge in [-0.2, -0.15) is 0 Å². The number of anilines is 1. The third-order valence-corrected chi connectivity index (χ3v) is 2.27. The first kappa shape index (κ1) is 15.0. The first-order chi connectivity index (χ1) is 6.74. The number of halogens is 2. The molecule has 15 heavy (non-hydrogen) atoms. The maximum atomic E-state index is 8.88. The van der Waals surface area contributed by atoms with E-state index in [-0.39, 0.29) is 0 Å². The van der Waals surface area contributed by atoms with Gasteiger partial charge in [-0.05, 0) is 34.1 Å². The molecule has 0 fully saturated rings. The predicted octanol–water partition coefficient (Wildman–Crippen LogP) is 1.57. The lowest BCUT2D eigenvalue weighted by atomic mass is 10.3. The minimum atomic E-state index is -4.64. The van der Waals surface area contributed by atoms with E-state index in [9.17, 15) is 0 Å². The van der Waals surface area contributed by atoms with Crippen LogP contribution in [0.5, 0.6) is 0 Å². The van der Waals surface area contributed by atoms with Crippen LogP contribution in [0.4, 0.5) is 5.69 Å². The average Bonchev–Trinajstić information content (AvgIpc) is 2.06. The van der Waals surface area contributed by atoms with Gasteiger partial charge in [0.25, 0.3) is 0 Å². The molecule has 0 heterocycles. The van der Waals surface area contributed by atoms with Crippen LogP contribution >= 0.6 is 39.7 Å². The van der Waals surface area contributed by atoms with Crippen LogP contribution in [-0.4, -0.2) is 14.7 Å². The van der Waals surface area contributed by atoms with E-state index in [4.69, 9.17) is 25.1 Å². The summed E-state index contributed by atoms with van der Waals surface area (Å²) in [5.74, 6) is 5.22. The lowest BCUT2D eigenvalue weighted by Gasteiger charge is -2.01. The molecule has 6 N–H and O–H groups in total. The molecular weight excluding hydrogens is 355 g/mol. The zero-order valence-corrected chi connectivity index (χ0v) is 11.3. The number of hydrazine groups is 1. The Morgan fingerprint density at radius 2 is 1.73 bits per heavy atom. The van der Waals surface area contributed by atoms with Crippen molar-refractivity contribution in [3.05, 3.63) is 27.1 Å². The second kappa shape index (κ2) is 6.59. The molecule has 0 aromatic heterocycles. The van der Waals surface area contributed by atoms with Gasteiger partial charge in [0.1, 0.15) is 0 Å².